The van der Waals surface area contributed by atoms with E-state index in [1.165, 1.54) is 10.1 Å². The summed E-state index contributed by atoms with van der Waals surface area (Å²) in [5.41, 5.74) is 1.54. The summed E-state index contributed by atoms with van der Waals surface area (Å²) >= 11 is 0. The van der Waals surface area contributed by atoms with E-state index in [2.05, 4.69) is 0 Å². The van der Waals surface area contributed by atoms with Crippen molar-refractivity contribution in [3.8, 4) is 0 Å². The smallest absolute Gasteiger partial charge is 0.0664 e. The van der Waals surface area contributed by atoms with Crippen molar-refractivity contribution >= 4 is 11.4 Å². The molecule has 0 bridgehead atoms. The van der Waals surface area contributed by atoms with Gasteiger partial charge in [-0.05, 0) is 72.2 Å². The summed E-state index contributed by atoms with van der Waals surface area (Å²) in [7, 11) is 0. The SMILES string of the molecule is Cc1cc(N(O)C(C)(C)C)cc(N(O)C(C)(C)C)c1. The van der Waals surface area contributed by atoms with Gasteiger partial charge in [0.05, 0.1) is 22.5 Å². The Morgan fingerprint density at radius 1 is 0.737 bits per heavy atom. The molecule has 19 heavy (non-hydrogen) atoms. The van der Waals surface area contributed by atoms with Crippen LogP contribution in [0.25, 0.3) is 0 Å². The molecule has 0 amide bonds. The molecule has 1 aromatic rings. The minimum absolute atomic E-state index is 0.396. The number of anilines is 2. The fraction of sp³-hybridized carbons (Fsp3) is 0.600. The first-order valence-corrected chi connectivity index (χ1v) is 6.53. The van der Waals surface area contributed by atoms with Gasteiger partial charge in [-0.1, -0.05) is 0 Å². The van der Waals surface area contributed by atoms with Gasteiger partial charge in [0, 0.05) is 0 Å². The van der Waals surface area contributed by atoms with Crippen molar-refractivity contribution in [3.05, 3.63) is 23.8 Å². The third-order valence-corrected chi connectivity index (χ3v) is 2.81. The highest BCUT2D eigenvalue weighted by Crippen LogP contribution is 2.30. The molecule has 4 nitrogen and oxygen atoms in total. The molecule has 108 valence electrons. The van der Waals surface area contributed by atoms with E-state index < -0.39 is 11.1 Å². The summed E-state index contributed by atoms with van der Waals surface area (Å²) in [6, 6.07) is 5.57. The van der Waals surface area contributed by atoms with E-state index in [0.29, 0.717) is 11.4 Å². The average molecular weight is 266 g/mol. The standard InChI is InChI=1S/C15H26N2O2/c1-11-8-12(16(18)14(2,3)4)10-13(9-11)17(19)15(5,6)7/h8-10,18-19H,1-7H3. The van der Waals surface area contributed by atoms with Crippen molar-refractivity contribution < 1.29 is 10.4 Å². The predicted molar refractivity (Wildman–Crippen MR) is 79.2 cm³/mol. The van der Waals surface area contributed by atoms with E-state index in [9.17, 15) is 10.4 Å². The van der Waals surface area contributed by atoms with Crippen LogP contribution in [0.5, 0.6) is 0 Å². The van der Waals surface area contributed by atoms with Gasteiger partial charge < -0.3 is 0 Å². The van der Waals surface area contributed by atoms with Crippen LogP contribution >= 0.6 is 0 Å². The molecule has 0 atom stereocenters. The van der Waals surface area contributed by atoms with Crippen LogP contribution in [-0.2, 0) is 0 Å². The third-order valence-electron chi connectivity index (χ3n) is 2.81. The Morgan fingerprint density at radius 3 is 1.32 bits per heavy atom. The van der Waals surface area contributed by atoms with E-state index in [4.69, 9.17) is 0 Å². The molecular formula is C15H26N2O2. The van der Waals surface area contributed by atoms with E-state index in [0.717, 1.165) is 5.56 Å². The Kier molecular flexibility index (Phi) is 4.17. The Labute approximate surface area is 116 Å². The van der Waals surface area contributed by atoms with E-state index >= 15 is 0 Å². The lowest BCUT2D eigenvalue weighted by Crippen LogP contribution is -2.40. The molecule has 2 N–H and O–H groups in total. The molecule has 0 saturated carbocycles. The van der Waals surface area contributed by atoms with Gasteiger partial charge in [-0.2, -0.15) is 0 Å². The zero-order valence-electron chi connectivity index (χ0n) is 13.0. The first kappa shape index (κ1) is 15.8. The van der Waals surface area contributed by atoms with Crippen LogP contribution in [-0.4, -0.2) is 21.5 Å². The van der Waals surface area contributed by atoms with Crippen LogP contribution in [0.2, 0.25) is 0 Å². The zero-order chi connectivity index (χ0) is 15.0. The quantitative estimate of drug-likeness (QED) is 0.795. The lowest BCUT2D eigenvalue weighted by atomic mass is 10.0. The molecule has 0 aliphatic carbocycles. The highest BCUT2D eigenvalue weighted by Gasteiger charge is 2.24. The molecule has 1 rings (SSSR count). The maximum absolute atomic E-state index is 10.2. The number of hydroxylamine groups is 2. The number of hydrogen-bond acceptors (Lipinski definition) is 4. The number of hydrogen-bond donors (Lipinski definition) is 2. The molecule has 0 heterocycles. The van der Waals surface area contributed by atoms with Crippen LogP contribution in [0.1, 0.15) is 47.1 Å². The minimum Gasteiger partial charge on any atom is -0.288 e. The minimum atomic E-state index is -0.396. The first-order chi connectivity index (χ1) is 8.43. The van der Waals surface area contributed by atoms with Crippen molar-refractivity contribution in [1.82, 2.24) is 0 Å². The number of rotatable bonds is 2. The van der Waals surface area contributed by atoms with Crippen LogP contribution in [0.4, 0.5) is 11.4 Å². The zero-order valence-corrected chi connectivity index (χ0v) is 13.0. The molecule has 0 aliphatic rings. The van der Waals surface area contributed by atoms with E-state index in [1.54, 1.807) is 6.07 Å². The van der Waals surface area contributed by atoms with Crippen molar-refractivity contribution in [2.24, 2.45) is 0 Å². The second-order valence-electron chi connectivity index (χ2n) is 6.99. The molecule has 0 aromatic heterocycles. The molecule has 0 spiro atoms. The molecule has 0 saturated heterocycles. The molecule has 0 aliphatic heterocycles. The Morgan fingerprint density at radius 2 is 1.05 bits per heavy atom. The van der Waals surface area contributed by atoms with Crippen molar-refractivity contribution in [2.75, 3.05) is 10.1 Å². The van der Waals surface area contributed by atoms with Gasteiger partial charge in [-0.15, -0.1) is 0 Å². The summed E-state index contributed by atoms with van der Waals surface area (Å²) in [6.45, 7) is 13.5. The highest BCUT2D eigenvalue weighted by atomic mass is 16.5. The second-order valence-corrected chi connectivity index (χ2v) is 6.99. The van der Waals surface area contributed by atoms with E-state index in [-0.39, 0.29) is 0 Å². The molecular weight excluding hydrogens is 240 g/mol. The van der Waals surface area contributed by atoms with Gasteiger partial charge >= 0.3 is 0 Å². The number of nitrogens with zero attached hydrogens (tertiary/aromatic N) is 2. The molecule has 4 heteroatoms. The van der Waals surface area contributed by atoms with Gasteiger partial charge in [0.15, 0.2) is 0 Å². The highest BCUT2D eigenvalue weighted by molar-refractivity contribution is 5.60. The number of aryl methyl sites for hydroxylation is 1. The van der Waals surface area contributed by atoms with Crippen LogP contribution in [0, 0.1) is 6.92 Å². The lowest BCUT2D eigenvalue weighted by Gasteiger charge is -2.34. The summed E-state index contributed by atoms with van der Waals surface area (Å²) in [4.78, 5) is 0. The van der Waals surface area contributed by atoms with Crippen LogP contribution in [0.15, 0.2) is 18.2 Å². The monoisotopic (exact) mass is 266 g/mol. The summed E-state index contributed by atoms with van der Waals surface area (Å²) in [5.74, 6) is 0. The Hall–Kier alpha value is -1.26. The summed E-state index contributed by atoms with van der Waals surface area (Å²) in [5, 5.41) is 22.9. The Bertz CT molecular complexity index is 406. The number of benzene rings is 1. The average Bonchev–Trinajstić information content (AvgIpc) is 2.23. The van der Waals surface area contributed by atoms with Crippen molar-refractivity contribution in [3.63, 3.8) is 0 Å². The third kappa shape index (κ3) is 3.85. The fourth-order valence-corrected chi connectivity index (χ4v) is 1.76. The van der Waals surface area contributed by atoms with Gasteiger partial charge in [0.2, 0.25) is 0 Å². The maximum atomic E-state index is 10.2. The summed E-state index contributed by atoms with van der Waals surface area (Å²) < 4.78 is 0. The van der Waals surface area contributed by atoms with Crippen LogP contribution < -0.4 is 10.1 Å². The maximum Gasteiger partial charge on any atom is 0.0664 e. The largest absolute Gasteiger partial charge is 0.288 e. The topological polar surface area (TPSA) is 46.9 Å². The van der Waals surface area contributed by atoms with Crippen molar-refractivity contribution in [2.45, 2.75) is 59.5 Å². The molecule has 0 radical (unpaired) electrons. The van der Waals surface area contributed by atoms with E-state index in [1.807, 2.05) is 60.6 Å². The summed E-state index contributed by atoms with van der Waals surface area (Å²) in [6.07, 6.45) is 0. The van der Waals surface area contributed by atoms with Gasteiger partial charge in [0.1, 0.15) is 0 Å². The van der Waals surface area contributed by atoms with Crippen molar-refractivity contribution in [1.29, 1.82) is 0 Å². The fourth-order valence-electron chi connectivity index (χ4n) is 1.76. The molecule has 1 aromatic carbocycles. The Balaban J connectivity index is 3.22. The van der Waals surface area contributed by atoms with Gasteiger partial charge in [-0.25, -0.2) is 0 Å². The molecule has 0 unspecified atom stereocenters. The predicted octanol–water partition coefficient (Wildman–Crippen LogP) is 3.98. The second kappa shape index (κ2) is 5.02. The van der Waals surface area contributed by atoms with Crippen LogP contribution in [0.3, 0.4) is 0 Å². The van der Waals surface area contributed by atoms with Gasteiger partial charge in [0.25, 0.3) is 0 Å². The normalized spacial score (nSPS) is 12.5. The molecule has 0 fully saturated rings. The first-order valence-electron chi connectivity index (χ1n) is 6.53. The van der Waals surface area contributed by atoms with Gasteiger partial charge in [-0.3, -0.25) is 20.5 Å². The lowest BCUT2D eigenvalue weighted by molar-refractivity contribution is 0.177.